The van der Waals surface area contributed by atoms with Gasteiger partial charge in [0, 0.05) is 5.92 Å². The molecule has 0 amide bonds. The molecule has 0 aliphatic carbocycles. The highest BCUT2D eigenvalue weighted by molar-refractivity contribution is 6.68. The zero-order chi connectivity index (χ0) is 9.90. The zero-order valence-corrected chi connectivity index (χ0v) is 9.15. The lowest BCUT2D eigenvalue weighted by Gasteiger charge is -2.20. The van der Waals surface area contributed by atoms with Crippen LogP contribution in [0.2, 0.25) is 0 Å². The van der Waals surface area contributed by atoms with Gasteiger partial charge in [-0.1, -0.05) is 71.2 Å². The lowest BCUT2D eigenvalue weighted by molar-refractivity contribution is 0.877. The maximum Gasteiger partial charge on any atom is 0.200 e. The minimum absolute atomic E-state index is 0.265. The number of rotatable bonds is 2. The van der Waals surface area contributed by atoms with Crippen LogP contribution in [0.4, 0.5) is 0 Å². The standard InChI is InChI=1S/C10H9Cl3/c1-2-9(10(11,12)13)8-6-4-3-5-7-8/h2-7,9H,1H2. The first-order chi connectivity index (χ1) is 6.05. The molecule has 0 heterocycles. The van der Waals surface area contributed by atoms with Gasteiger partial charge in [-0.25, -0.2) is 0 Å². The third kappa shape index (κ3) is 2.91. The van der Waals surface area contributed by atoms with Crippen LogP contribution in [0, 0.1) is 0 Å². The van der Waals surface area contributed by atoms with Gasteiger partial charge in [-0.15, -0.1) is 6.58 Å². The van der Waals surface area contributed by atoms with E-state index in [9.17, 15) is 0 Å². The summed E-state index contributed by atoms with van der Waals surface area (Å²) in [6.45, 7) is 3.65. The summed E-state index contributed by atoms with van der Waals surface area (Å²) in [7, 11) is 0. The third-order valence-corrected chi connectivity index (χ3v) is 2.45. The van der Waals surface area contributed by atoms with E-state index >= 15 is 0 Å². The van der Waals surface area contributed by atoms with Gasteiger partial charge in [0.25, 0.3) is 0 Å². The van der Waals surface area contributed by atoms with E-state index in [1.165, 1.54) is 0 Å². The summed E-state index contributed by atoms with van der Waals surface area (Å²) in [5.41, 5.74) is 0.956. The van der Waals surface area contributed by atoms with E-state index in [4.69, 9.17) is 34.8 Å². The lowest BCUT2D eigenvalue weighted by atomic mass is 10.0. The first-order valence-corrected chi connectivity index (χ1v) is 4.93. The van der Waals surface area contributed by atoms with Crippen molar-refractivity contribution in [3.63, 3.8) is 0 Å². The molecule has 0 spiro atoms. The van der Waals surface area contributed by atoms with Gasteiger partial charge in [0.2, 0.25) is 3.79 Å². The summed E-state index contributed by atoms with van der Waals surface area (Å²) in [4.78, 5) is 0. The quantitative estimate of drug-likeness (QED) is 0.529. The van der Waals surface area contributed by atoms with Gasteiger partial charge in [0.1, 0.15) is 0 Å². The van der Waals surface area contributed by atoms with Crippen molar-refractivity contribution in [2.75, 3.05) is 0 Å². The van der Waals surface area contributed by atoms with E-state index in [0.717, 1.165) is 5.56 Å². The topological polar surface area (TPSA) is 0 Å². The molecule has 1 unspecified atom stereocenters. The van der Waals surface area contributed by atoms with E-state index in [0.29, 0.717) is 0 Å². The minimum Gasteiger partial charge on any atom is -0.102 e. The molecule has 0 aliphatic heterocycles. The number of allylic oxidation sites excluding steroid dienone is 1. The van der Waals surface area contributed by atoms with E-state index in [1.807, 2.05) is 30.3 Å². The van der Waals surface area contributed by atoms with Gasteiger partial charge >= 0.3 is 0 Å². The monoisotopic (exact) mass is 234 g/mol. The normalized spacial score (nSPS) is 13.8. The number of benzene rings is 1. The zero-order valence-electron chi connectivity index (χ0n) is 6.88. The number of halogens is 3. The molecule has 0 bridgehead atoms. The minimum atomic E-state index is -1.33. The van der Waals surface area contributed by atoms with Gasteiger partial charge in [-0.3, -0.25) is 0 Å². The van der Waals surface area contributed by atoms with E-state index in [1.54, 1.807) is 6.08 Å². The average Bonchev–Trinajstić information content (AvgIpc) is 2.05. The van der Waals surface area contributed by atoms with Gasteiger partial charge < -0.3 is 0 Å². The molecule has 1 aromatic rings. The maximum absolute atomic E-state index is 5.79. The highest BCUT2D eigenvalue weighted by atomic mass is 35.6. The van der Waals surface area contributed by atoms with Gasteiger partial charge in [-0.05, 0) is 5.56 Å². The first-order valence-electron chi connectivity index (χ1n) is 3.80. The van der Waals surface area contributed by atoms with Crippen molar-refractivity contribution in [1.82, 2.24) is 0 Å². The smallest absolute Gasteiger partial charge is 0.102 e. The Hall–Kier alpha value is -0.170. The summed E-state index contributed by atoms with van der Waals surface area (Å²) in [5.74, 6) is -0.265. The Kier molecular flexibility index (Phi) is 3.66. The Labute approximate surface area is 93.1 Å². The summed E-state index contributed by atoms with van der Waals surface area (Å²) in [6, 6.07) is 9.55. The highest BCUT2D eigenvalue weighted by Gasteiger charge is 2.30. The second-order valence-electron chi connectivity index (χ2n) is 2.67. The number of alkyl halides is 3. The Morgan fingerprint density at radius 1 is 1.15 bits per heavy atom. The maximum atomic E-state index is 5.79. The predicted octanol–water partition coefficient (Wildman–Crippen LogP) is 4.33. The molecule has 0 saturated heterocycles. The predicted molar refractivity (Wildman–Crippen MR) is 59.7 cm³/mol. The van der Waals surface area contributed by atoms with Crippen LogP contribution in [-0.2, 0) is 0 Å². The fourth-order valence-corrected chi connectivity index (χ4v) is 1.76. The number of hydrogen-bond acceptors (Lipinski definition) is 0. The van der Waals surface area contributed by atoms with Crippen LogP contribution in [0.25, 0.3) is 0 Å². The van der Waals surface area contributed by atoms with Crippen LogP contribution in [0.15, 0.2) is 43.0 Å². The van der Waals surface area contributed by atoms with Crippen LogP contribution in [0.3, 0.4) is 0 Å². The molecule has 1 aromatic carbocycles. The van der Waals surface area contributed by atoms with Crippen LogP contribution in [0.5, 0.6) is 0 Å². The Morgan fingerprint density at radius 2 is 1.69 bits per heavy atom. The van der Waals surface area contributed by atoms with Gasteiger partial charge in [-0.2, -0.15) is 0 Å². The molecule has 0 radical (unpaired) electrons. The summed E-state index contributed by atoms with van der Waals surface area (Å²) >= 11 is 17.4. The summed E-state index contributed by atoms with van der Waals surface area (Å²) < 4.78 is -1.33. The molecule has 1 rings (SSSR count). The van der Waals surface area contributed by atoms with Crippen molar-refractivity contribution in [3.8, 4) is 0 Å². The van der Waals surface area contributed by atoms with Crippen LogP contribution in [0.1, 0.15) is 11.5 Å². The molecule has 1 atom stereocenters. The molecule has 0 nitrogen and oxygen atoms in total. The van der Waals surface area contributed by atoms with Crippen LogP contribution in [-0.4, -0.2) is 3.79 Å². The SMILES string of the molecule is C=CC(c1ccccc1)C(Cl)(Cl)Cl. The molecular formula is C10H9Cl3. The lowest BCUT2D eigenvalue weighted by Crippen LogP contribution is -2.14. The Balaban J connectivity index is 2.99. The van der Waals surface area contributed by atoms with Crippen molar-refractivity contribution < 1.29 is 0 Å². The van der Waals surface area contributed by atoms with Crippen LogP contribution >= 0.6 is 34.8 Å². The van der Waals surface area contributed by atoms with E-state index < -0.39 is 3.79 Å². The van der Waals surface area contributed by atoms with E-state index in [-0.39, 0.29) is 5.92 Å². The molecule has 0 aromatic heterocycles. The second kappa shape index (κ2) is 4.36. The van der Waals surface area contributed by atoms with Crippen LogP contribution < -0.4 is 0 Å². The van der Waals surface area contributed by atoms with Gasteiger partial charge in [0.05, 0.1) is 0 Å². The second-order valence-corrected chi connectivity index (χ2v) is 5.03. The molecule has 0 N–H and O–H groups in total. The summed E-state index contributed by atoms with van der Waals surface area (Å²) in [6.07, 6.45) is 1.64. The largest absolute Gasteiger partial charge is 0.200 e. The number of hydrogen-bond donors (Lipinski definition) is 0. The van der Waals surface area contributed by atoms with Crippen molar-refractivity contribution in [2.45, 2.75) is 9.71 Å². The molecule has 3 heteroatoms. The Morgan fingerprint density at radius 3 is 2.08 bits per heavy atom. The average molecular weight is 236 g/mol. The van der Waals surface area contributed by atoms with Crippen molar-refractivity contribution >= 4 is 34.8 Å². The Bertz CT molecular complexity index is 274. The van der Waals surface area contributed by atoms with Gasteiger partial charge in [0.15, 0.2) is 0 Å². The highest BCUT2D eigenvalue weighted by Crippen LogP contribution is 2.41. The first kappa shape index (κ1) is 10.9. The fourth-order valence-electron chi connectivity index (χ4n) is 1.12. The molecule has 13 heavy (non-hydrogen) atoms. The molecule has 0 saturated carbocycles. The summed E-state index contributed by atoms with van der Waals surface area (Å²) in [5, 5.41) is 0. The molecule has 70 valence electrons. The van der Waals surface area contributed by atoms with Crippen molar-refractivity contribution in [1.29, 1.82) is 0 Å². The van der Waals surface area contributed by atoms with Crippen molar-refractivity contribution in [3.05, 3.63) is 48.6 Å². The van der Waals surface area contributed by atoms with Crippen molar-refractivity contribution in [2.24, 2.45) is 0 Å². The third-order valence-electron chi connectivity index (χ3n) is 1.75. The molecule has 0 aliphatic rings. The molecular weight excluding hydrogens is 226 g/mol. The van der Waals surface area contributed by atoms with E-state index in [2.05, 4.69) is 6.58 Å². The fraction of sp³-hybridized carbons (Fsp3) is 0.200. The molecule has 0 fully saturated rings.